The highest BCUT2D eigenvalue weighted by molar-refractivity contribution is 5.88. The minimum atomic E-state index is -0.0248. The highest BCUT2D eigenvalue weighted by atomic mass is 16.2. The zero-order valence-electron chi connectivity index (χ0n) is 13.2. The molecule has 0 aliphatic heterocycles. The van der Waals surface area contributed by atoms with Crippen molar-refractivity contribution in [3.8, 4) is 0 Å². The Labute approximate surface area is 128 Å². The third kappa shape index (κ3) is 7.69. The molecule has 1 fully saturated rings. The van der Waals surface area contributed by atoms with Crippen LogP contribution in [-0.2, 0) is 9.59 Å². The normalized spacial score (nSPS) is 22.0. The van der Waals surface area contributed by atoms with Crippen molar-refractivity contribution < 1.29 is 9.59 Å². The molecule has 1 aliphatic rings. The second kappa shape index (κ2) is 10.2. The van der Waals surface area contributed by atoms with Gasteiger partial charge in [0.2, 0.25) is 11.8 Å². The van der Waals surface area contributed by atoms with Crippen LogP contribution in [0.3, 0.4) is 0 Å². The van der Waals surface area contributed by atoms with Crippen molar-refractivity contribution in [3.63, 3.8) is 0 Å². The van der Waals surface area contributed by atoms with Gasteiger partial charge in [0, 0.05) is 12.1 Å². The zero-order valence-corrected chi connectivity index (χ0v) is 13.2. The molecule has 0 radical (unpaired) electrons. The van der Waals surface area contributed by atoms with Crippen LogP contribution in [0.1, 0.15) is 58.8 Å². The van der Waals surface area contributed by atoms with Gasteiger partial charge in [-0.25, -0.2) is 0 Å². The summed E-state index contributed by atoms with van der Waals surface area (Å²) in [6, 6.07) is 0.349. The fourth-order valence-electron chi connectivity index (χ4n) is 2.46. The molecular weight excluding hydrogens is 264 g/mol. The molecule has 21 heavy (non-hydrogen) atoms. The van der Waals surface area contributed by atoms with Crippen molar-refractivity contribution in [1.82, 2.24) is 10.6 Å². The summed E-state index contributed by atoms with van der Waals surface area (Å²) in [5.41, 5.74) is 0. The molecule has 4 nitrogen and oxygen atoms in total. The summed E-state index contributed by atoms with van der Waals surface area (Å²) in [5, 5.41) is 6.00. The van der Waals surface area contributed by atoms with Crippen molar-refractivity contribution in [2.24, 2.45) is 0 Å². The number of carbonyl (C=O) groups is 2. The lowest BCUT2D eigenvalue weighted by Gasteiger charge is -2.13. The first-order valence-corrected chi connectivity index (χ1v) is 8.09. The molecule has 1 aliphatic carbocycles. The standard InChI is InChI=1S/C17H28N2O2/c1-3-5-7-9-16(20)18-14-11-12-15(13-14)19-17(21)10-8-6-4-2/h7-10,14-15H,3-6,11-13H2,1-2H3,(H,18,20)(H,19,21)/t14-,15+. The lowest BCUT2D eigenvalue weighted by atomic mass is 10.2. The van der Waals surface area contributed by atoms with Gasteiger partial charge in [0.05, 0.1) is 0 Å². The summed E-state index contributed by atoms with van der Waals surface area (Å²) in [6.45, 7) is 4.17. The first-order chi connectivity index (χ1) is 10.2. The predicted octanol–water partition coefficient (Wildman–Crippen LogP) is 2.85. The molecule has 2 amide bonds. The van der Waals surface area contributed by atoms with E-state index in [4.69, 9.17) is 0 Å². The first-order valence-electron chi connectivity index (χ1n) is 8.09. The van der Waals surface area contributed by atoms with E-state index in [1.54, 1.807) is 12.2 Å². The van der Waals surface area contributed by atoms with Gasteiger partial charge in [0.1, 0.15) is 0 Å². The van der Waals surface area contributed by atoms with Crippen molar-refractivity contribution in [2.45, 2.75) is 70.9 Å². The van der Waals surface area contributed by atoms with Crippen LogP contribution >= 0.6 is 0 Å². The molecule has 0 aromatic carbocycles. The Morgan fingerprint density at radius 1 is 0.905 bits per heavy atom. The number of nitrogens with one attached hydrogen (secondary N) is 2. The molecule has 0 bridgehead atoms. The SMILES string of the molecule is CCCC=CC(=O)N[C@@H]1CC[C@H](NC(=O)C=CCCC)C1. The number of amides is 2. The Morgan fingerprint density at radius 3 is 1.71 bits per heavy atom. The Hall–Kier alpha value is -1.58. The van der Waals surface area contributed by atoms with Gasteiger partial charge in [-0.1, -0.05) is 38.8 Å². The second-order valence-electron chi connectivity index (χ2n) is 5.61. The van der Waals surface area contributed by atoms with Crippen LogP contribution in [0.2, 0.25) is 0 Å². The van der Waals surface area contributed by atoms with Gasteiger partial charge in [-0.3, -0.25) is 9.59 Å². The van der Waals surface area contributed by atoms with Gasteiger partial charge in [0.25, 0.3) is 0 Å². The monoisotopic (exact) mass is 292 g/mol. The smallest absolute Gasteiger partial charge is 0.243 e. The summed E-state index contributed by atoms with van der Waals surface area (Å²) in [4.78, 5) is 23.4. The highest BCUT2D eigenvalue weighted by Gasteiger charge is 2.25. The average Bonchev–Trinajstić information content (AvgIpc) is 2.86. The molecular formula is C17H28N2O2. The van der Waals surface area contributed by atoms with Crippen molar-refractivity contribution in [1.29, 1.82) is 0 Å². The van der Waals surface area contributed by atoms with E-state index in [9.17, 15) is 9.59 Å². The Balaban J connectivity index is 2.26. The number of hydrogen-bond donors (Lipinski definition) is 2. The van der Waals surface area contributed by atoms with E-state index in [1.807, 2.05) is 12.2 Å². The molecule has 0 aromatic heterocycles. The molecule has 2 atom stereocenters. The van der Waals surface area contributed by atoms with Crippen LogP contribution in [0.5, 0.6) is 0 Å². The van der Waals surface area contributed by atoms with Crippen LogP contribution < -0.4 is 10.6 Å². The third-order valence-electron chi connectivity index (χ3n) is 3.57. The van der Waals surface area contributed by atoms with E-state index in [2.05, 4.69) is 24.5 Å². The molecule has 0 saturated heterocycles. The topological polar surface area (TPSA) is 58.2 Å². The van der Waals surface area contributed by atoms with E-state index < -0.39 is 0 Å². The number of hydrogen-bond acceptors (Lipinski definition) is 2. The molecule has 118 valence electrons. The van der Waals surface area contributed by atoms with Crippen LogP contribution in [0.25, 0.3) is 0 Å². The van der Waals surface area contributed by atoms with E-state index >= 15 is 0 Å². The predicted molar refractivity (Wildman–Crippen MR) is 85.8 cm³/mol. The quantitative estimate of drug-likeness (QED) is 0.676. The number of allylic oxidation sites excluding steroid dienone is 2. The van der Waals surface area contributed by atoms with Crippen LogP contribution in [0.15, 0.2) is 24.3 Å². The van der Waals surface area contributed by atoms with Crippen LogP contribution in [0.4, 0.5) is 0 Å². The summed E-state index contributed by atoms with van der Waals surface area (Å²) in [7, 11) is 0. The molecule has 0 unspecified atom stereocenters. The lowest BCUT2D eigenvalue weighted by Crippen LogP contribution is -2.36. The van der Waals surface area contributed by atoms with Gasteiger partial charge in [-0.15, -0.1) is 0 Å². The number of carbonyl (C=O) groups excluding carboxylic acids is 2. The largest absolute Gasteiger partial charge is 0.350 e. The van der Waals surface area contributed by atoms with Crippen molar-refractivity contribution in [3.05, 3.63) is 24.3 Å². The fraction of sp³-hybridized carbons (Fsp3) is 0.647. The molecule has 4 heteroatoms. The first kappa shape index (κ1) is 17.5. The van der Waals surface area contributed by atoms with E-state index in [0.717, 1.165) is 44.9 Å². The summed E-state index contributed by atoms with van der Waals surface area (Å²) in [5.74, 6) is -0.0495. The number of unbranched alkanes of at least 4 members (excludes halogenated alkanes) is 2. The molecule has 1 saturated carbocycles. The fourth-order valence-corrected chi connectivity index (χ4v) is 2.46. The van der Waals surface area contributed by atoms with Crippen LogP contribution in [0, 0.1) is 0 Å². The maximum absolute atomic E-state index is 11.7. The summed E-state index contributed by atoms with van der Waals surface area (Å²) < 4.78 is 0. The molecule has 0 aromatic rings. The van der Waals surface area contributed by atoms with Gasteiger partial charge in [0.15, 0.2) is 0 Å². The van der Waals surface area contributed by atoms with Gasteiger partial charge >= 0.3 is 0 Å². The van der Waals surface area contributed by atoms with E-state index in [0.29, 0.717) is 0 Å². The Bertz CT molecular complexity index is 352. The zero-order chi connectivity index (χ0) is 15.5. The molecule has 0 spiro atoms. The third-order valence-corrected chi connectivity index (χ3v) is 3.57. The Morgan fingerprint density at radius 2 is 1.33 bits per heavy atom. The maximum atomic E-state index is 11.7. The molecule has 2 N–H and O–H groups in total. The van der Waals surface area contributed by atoms with Gasteiger partial charge in [-0.2, -0.15) is 0 Å². The van der Waals surface area contributed by atoms with Gasteiger partial charge in [-0.05, 0) is 44.3 Å². The Kier molecular flexibility index (Phi) is 8.48. The lowest BCUT2D eigenvalue weighted by molar-refractivity contribution is -0.117. The van der Waals surface area contributed by atoms with Crippen LogP contribution in [-0.4, -0.2) is 23.9 Å². The molecule has 1 rings (SSSR count). The van der Waals surface area contributed by atoms with Crippen molar-refractivity contribution >= 4 is 11.8 Å². The van der Waals surface area contributed by atoms with E-state index in [-0.39, 0.29) is 23.9 Å². The second-order valence-corrected chi connectivity index (χ2v) is 5.61. The van der Waals surface area contributed by atoms with Crippen molar-refractivity contribution in [2.75, 3.05) is 0 Å². The highest BCUT2D eigenvalue weighted by Crippen LogP contribution is 2.19. The maximum Gasteiger partial charge on any atom is 0.243 e. The minimum Gasteiger partial charge on any atom is -0.350 e. The number of rotatable bonds is 8. The minimum absolute atomic E-state index is 0.0248. The average molecular weight is 292 g/mol. The summed E-state index contributed by atoms with van der Waals surface area (Å²) >= 11 is 0. The van der Waals surface area contributed by atoms with Gasteiger partial charge < -0.3 is 10.6 Å². The summed E-state index contributed by atoms with van der Waals surface area (Å²) in [6.07, 6.45) is 13.7. The van der Waals surface area contributed by atoms with E-state index in [1.165, 1.54) is 0 Å². The molecule has 0 heterocycles.